The largest absolute Gasteiger partial charge is 0.497 e. The third-order valence-corrected chi connectivity index (χ3v) is 6.79. The van der Waals surface area contributed by atoms with Gasteiger partial charge >= 0.3 is 0 Å². The predicted molar refractivity (Wildman–Crippen MR) is 132 cm³/mol. The van der Waals surface area contributed by atoms with Gasteiger partial charge in [-0.25, -0.2) is 13.8 Å². The van der Waals surface area contributed by atoms with E-state index >= 15 is 0 Å². The van der Waals surface area contributed by atoms with Gasteiger partial charge in [0.25, 0.3) is 15.9 Å². The van der Waals surface area contributed by atoms with Crippen molar-refractivity contribution in [3.05, 3.63) is 83.4 Å². The molecule has 0 bridgehead atoms. The molecular weight excluding hydrogens is 454 g/mol. The van der Waals surface area contributed by atoms with Crippen molar-refractivity contribution in [1.82, 2.24) is 5.43 Å². The number of hydrogen-bond donors (Lipinski definition) is 1. The quantitative estimate of drug-likeness (QED) is 0.372. The molecule has 3 aromatic rings. The number of rotatable bonds is 9. The zero-order valence-corrected chi connectivity index (χ0v) is 20.3. The molecule has 3 aromatic carbocycles. The molecule has 0 radical (unpaired) electrons. The van der Waals surface area contributed by atoms with E-state index in [1.807, 2.05) is 13.8 Å². The lowest BCUT2D eigenvalue weighted by molar-refractivity contribution is -0.119. The van der Waals surface area contributed by atoms with Gasteiger partial charge in [-0.05, 0) is 73.5 Å². The lowest BCUT2D eigenvalue weighted by Crippen LogP contribution is -2.39. The molecule has 0 fully saturated rings. The molecule has 178 valence electrons. The fourth-order valence-corrected chi connectivity index (χ4v) is 4.59. The van der Waals surface area contributed by atoms with Gasteiger partial charge in [0.2, 0.25) is 0 Å². The number of nitrogens with zero attached hydrogens (tertiary/aromatic N) is 2. The number of carbonyl (C=O) groups is 1. The van der Waals surface area contributed by atoms with Crippen LogP contribution < -0.4 is 19.2 Å². The highest BCUT2D eigenvalue weighted by molar-refractivity contribution is 7.92. The first-order valence-electron chi connectivity index (χ1n) is 10.4. The third kappa shape index (κ3) is 5.93. The van der Waals surface area contributed by atoms with Gasteiger partial charge in [-0.15, -0.1) is 0 Å². The van der Waals surface area contributed by atoms with Crippen LogP contribution in [0.3, 0.4) is 0 Å². The van der Waals surface area contributed by atoms with Crippen LogP contribution in [0.15, 0.2) is 76.7 Å². The Hall–Kier alpha value is -3.85. The Balaban J connectivity index is 1.89. The molecule has 1 N–H and O–H groups in total. The smallest absolute Gasteiger partial charge is 0.264 e. The first kappa shape index (κ1) is 24.8. The monoisotopic (exact) mass is 481 g/mol. The molecule has 1 amide bonds. The van der Waals surface area contributed by atoms with Crippen molar-refractivity contribution in [2.75, 3.05) is 25.1 Å². The van der Waals surface area contributed by atoms with Gasteiger partial charge in [0.15, 0.2) is 0 Å². The number of benzene rings is 3. The highest BCUT2D eigenvalue weighted by Crippen LogP contribution is 2.33. The average molecular weight is 482 g/mol. The maximum atomic E-state index is 13.6. The van der Waals surface area contributed by atoms with Crippen molar-refractivity contribution >= 4 is 27.8 Å². The molecule has 0 unspecified atom stereocenters. The Morgan fingerprint density at radius 2 is 1.59 bits per heavy atom. The number of carbonyl (C=O) groups excluding carboxylic acids is 1. The number of methoxy groups -OCH3 is 2. The summed E-state index contributed by atoms with van der Waals surface area (Å²) in [7, 11) is -1.05. The Bertz CT molecular complexity index is 1270. The SMILES string of the molecule is COc1ccc(/C=N\NC(=O)CN(c2cc(C)ccc2OC)S(=O)(=O)c2ccc(C)cc2)cc1. The van der Waals surface area contributed by atoms with Crippen LogP contribution in [0, 0.1) is 13.8 Å². The maximum absolute atomic E-state index is 13.6. The molecular formula is C25H27N3O5S. The first-order valence-corrected chi connectivity index (χ1v) is 11.9. The highest BCUT2D eigenvalue weighted by atomic mass is 32.2. The Kier molecular flexibility index (Phi) is 7.91. The van der Waals surface area contributed by atoms with Crippen LogP contribution >= 0.6 is 0 Å². The van der Waals surface area contributed by atoms with Gasteiger partial charge in [-0.2, -0.15) is 5.10 Å². The van der Waals surface area contributed by atoms with E-state index in [1.165, 1.54) is 25.5 Å². The number of sulfonamides is 1. The van der Waals surface area contributed by atoms with Gasteiger partial charge in [0.05, 0.1) is 31.0 Å². The highest BCUT2D eigenvalue weighted by Gasteiger charge is 2.29. The molecule has 0 saturated carbocycles. The van der Waals surface area contributed by atoms with Crippen molar-refractivity contribution in [2.24, 2.45) is 5.10 Å². The minimum absolute atomic E-state index is 0.0659. The van der Waals surface area contributed by atoms with Crippen LogP contribution in [0.1, 0.15) is 16.7 Å². The summed E-state index contributed by atoms with van der Waals surface area (Å²) in [4.78, 5) is 12.8. The number of amides is 1. The molecule has 0 aliphatic heterocycles. The van der Waals surface area contributed by atoms with Gasteiger partial charge in [-0.1, -0.05) is 23.8 Å². The van der Waals surface area contributed by atoms with Gasteiger partial charge in [0, 0.05) is 0 Å². The second-order valence-electron chi connectivity index (χ2n) is 7.57. The summed E-state index contributed by atoms with van der Waals surface area (Å²) in [5.41, 5.74) is 5.14. The van der Waals surface area contributed by atoms with Crippen LogP contribution in [0.2, 0.25) is 0 Å². The van der Waals surface area contributed by atoms with E-state index in [0.717, 1.165) is 21.0 Å². The second kappa shape index (κ2) is 10.8. The molecule has 0 aromatic heterocycles. The van der Waals surface area contributed by atoms with Crippen molar-refractivity contribution < 1.29 is 22.7 Å². The Morgan fingerprint density at radius 3 is 2.21 bits per heavy atom. The average Bonchev–Trinajstić information content (AvgIpc) is 2.83. The lowest BCUT2D eigenvalue weighted by atomic mass is 10.2. The van der Waals surface area contributed by atoms with E-state index in [4.69, 9.17) is 9.47 Å². The van der Waals surface area contributed by atoms with Crippen LogP contribution in [-0.4, -0.2) is 41.3 Å². The van der Waals surface area contributed by atoms with E-state index < -0.39 is 22.5 Å². The Labute approximate surface area is 199 Å². The summed E-state index contributed by atoms with van der Waals surface area (Å²) in [6.07, 6.45) is 1.46. The lowest BCUT2D eigenvalue weighted by Gasteiger charge is -2.25. The van der Waals surface area contributed by atoms with Crippen LogP contribution in [0.4, 0.5) is 5.69 Å². The summed E-state index contributed by atoms with van der Waals surface area (Å²) < 4.78 is 38.6. The van der Waals surface area contributed by atoms with E-state index in [2.05, 4.69) is 10.5 Å². The molecule has 0 aliphatic carbocycles. The van der Waals surface area contributed by atoms with Crippen molar-refractivity contribution in [3.8, 4) is 11.5 Å². The van der Waals surface area contributed by atoms with Crippen LogP contribution in [-0.2, 0) is 14.8 Å². The molecule has 9 heteroatoms. The number of nitrogens with one attached hydrogen (secondary N) is 1. The minimum Gasteiger partial charge on any atom is -0.497 e. The van der Waals surface area contributed by atoms with Gasteiger partial charge in [-0.3, -0.25) is 9.10 Å². The first-order chi connectivity index (χ1) is 16.2. The zero-order chi connectivity index (χ0) is 24.7. The van der Waals surface area contributed by atoms with Crippen LogP contribution in [0.5, 0.6) is 11.5 Å². The molecule has 0 heterocycles. The molecule has 0 atom stereocenters. The van der Waals surface area contributed by atoms with Crippen molar-refractivity contribution in [2.45, 2.75) is 18.7 Å². The third-order valence-electron chi connectivity index (χ3n) is 5.02. The number of hydrogen-bond acceptors (Lipinski definition) is 6. The van der Waals surface area contributed by atoms with Crippen molar-refractivity contribution in [1.29, 1.82) is 0 Å². The Morgan fingerprint density at radius 1 is 0.941 bits per heavy atom. The predicted octanol–water partition coefficient (Wildman–Crippen LogP) is 3.67. The fraction of sp³-hybridized carbons (Fsp3) is 0.200. The summed E-state index contributed by atoms with van der Waals surface area (Å²) in [6, 6.07) is 18.7. The summed E-state index contributed by atoms with van der Waals surface area (Å²) in [6.45, 7) is 3.21. The molecule has 0 saturated heterocycles. The maximum Gasteiger partial charge on any atom is 0.264 e. The van der Waals surface area contributed by atoms with E-state index in [0.29, 0.717) is 11.5 Å². The number of hydrazone groups is 1. The number of ether oxygens (including phenoxy) is 2. The molecule has 3 rings (SSSR count). The molecule has 0 aliphatic rings. The summed E-state index contributed by atoms with van der Waals surface area (Å²) >= 11 is 0. The standard InChI is InChI=1S/C25H27N3O5S/c1-18-5-12-22(13-6-18)34(30,31)28(23-15-19(2)7-14-24(23)33-4)17-25(29)27-26-16-20-8-10-21(32-3)11-9-20/h5-16H,17H2,1-4H3,(H,27,29)/b26-16-. The second-order valence-corrected chi connectivity index (χ2v) is 9.43. The molecule has 0 spiro atoms. The molecule has 34 heavy (non-hydrogen) atoms. The zero-order valence-electron chi connectivity index (χ0n) is 19.5. The van der Waals surface area contributed by atoms with Crippen LogP contribution in [0.25, 0.3) is 0 Å². The minimum atomic E-state index is -4.07. The van der Waals surface area contributed by atoms with Crippen molar-refractivity contribution in [3.63, 3.8) is 0 Å². The van der Waals surface area contributed by atoms with Gasteiger partial charge < -0.3 is 9.47 Å². The van der Waals surface area contributed by atoms with E-state index in [9.17, 15) is 13.2 Å². The normalized spacial score (nSPS) is 11.3. The van der Waals surface area contributed by atoms with E-state index in [-0.39, 0.29) is 10.6 Å². The summed E-state index contributed by atoms with van der Waals surface area (Å²) in [5.74, 6) is 0.421. The summed E-state index contributed by atoms with van der Waals surface area (Å²) in [5, 5.41) is 3.95. The number of aryl methyl sites for hydroxylation is 2. The number of anilines is 1. The topological polar surface area (TPSA) is 97.3 Å². The van der Waals surface area contributed by atoms with E-state index in [1.54, 1.807) is 61.7 Å². The fourth-order valence-electron chi connectivity index (χ4n) is 3.17. The van der Waals surface area contributed by atoms with Gasteiger partial charge in [0.1, 0.15) is 18.0 Å². The molecule has 8 nitrogen and oxygen atoms in total.